The van der Waals surface area contributed by atoms with Crippen LogP contribution < -0.4 is 15.8 Å². The molecule has 1 unspecified atom stereocenters. The van der Waals surface area contributed by atoms with Crippen molar-refractivity contribution in [3.63, 3.8) is 0 Å². The van der Waals surface area contributed by atoms with Crippen LogP contribution in [0.1, 0.15) is 0 Å². The second-order valence-electron chi connectivity index (χ2n) is 6.85. The fourth-order valence-electron chi connectivity index (χ4n) is 3.25. The highest BCUT2D eigenvalue weighted by atomic mass is 19.1. The first-order chi connectivity index (χ1) is 14.5. The highest BCUT2D eigenvalue weighted by molar-refractivity contribution is 5.94. The highest BCUT2D eigenvalue weighted by Crippen LogP contribution is 2.20. The minimum absolute atomic E-state index is 0.0911. The Labute approximate surface area is 172 Å². The van der Waals surface area contributed by atoms with Crippen LogP contribution in [0.3, 0.4) is 0 Å². The predicted octanol–water partition coefficient (Wildman–Crippen LogP) is 1.83. The first kappa shape index (κ1) is 19.7. The Hall–Kier alpha value is -3.59. The van der Waals surface area contributed by atoms with Crippen LogP contribution in [0.25, 0.3) is 11.3 Å². The maximum absolute atomic E-state index is 13.8. The number of amides is 1. The Bertz CT molecular complexity index is 1120. The van der Waals surface area contributed by atoms with E-state index in [1.54, 1.807) is 43.7 Å². The molecule has 2 aromatic heterocycles. The zero-order chi connectivity index (χ0) is 21.1. The quantitative estimate of drug-likeness (QED) is 0.707. The fourth-order valence-corrected chi connectivity index (χ4v) is 3.25. The van der Waals surface area contributed by atoms with Gasteiger partial charge < -0.3 is 15.0 Å². The normalized spacial score (nSPS) is 16.3. The van der Waals surface area contributed by atoms with Crippen molar-refractivity contribution in [1.29, 1.82) is 0 Å². The van der Waals surface area contributed by atoms with E-state index in [9.17, 15) is 14.0 Å². The van der Waals surface area contributed by atoms with E-state index in [4.69, 9.17) is 4.74 Å². The van der Waals surface area contributed by atoms with E-state index in [1.807, 2.05) is 4.90 Å². The number of morpholine rings is 1. The number of aromatic nitrogens is 3. The Morgan fingerprint density at radius 1 is 1.23 bits per heavy atom. The van der Waals surface area contributed by atoms with Gasteiger partial charge in [-0.1, -0.05) is 12.1 Å². The molecule has 4 rings (SSSR count). The molecule has 8 nitrogen and oxygen atoms in total. The van der Waals surface area contributed by atoms with E-state index in [0.29, 0.717) is 18.2 Å². The number of benzene rings is 1. The SMILES string of the molecule is Cn1c(N2CCOC(C(=O)Nc3ccccc3F)C2)nc(-c2ccncc2)cc1=O. The molecule has 0 radical (unpaired) electrons. The predicted molar refractivity (Wildman–Crippen MR) is 110 cm³/mol. The lowest BCUT2D eigenvalue weighted by Crippen LogP contribution is -2.49. The van der Waals surface area contributed by atoms with Gasteiger partial charge >= 0.3 is 0 Å². The van der Waals surface area contributed by atoms with Crippen LogP contribution in [0, 0.1) is 5.82 Å². The molecule has 30 heavy (non-hydrogen) atoms. The van der Waals surface area contributed by atoms with Gasteiger partial charge in [0.15, 0.2) is 6.10 Å². The van der Waals surface area contributed by atoms with Crippen molar-refractivity contribution in [2.75, 3.05) is 29.9 Å². The molecule has 1 aromatic carbocycles. The smallest absolute Gasteiger partial charge is 0.255 e. The minimum Gasteiger partial charge on any atom is -0.365 e. The molecular formula is C21H20FN5O3. The fraction of sp³-hybridized carbons (Fsp3) is 0.238. The lowest BCUT2D eigenvalue weighted by molar-refractivity contribution is -0.128. The summed E-state index contributed by atoms with van der Waals surface area (Å²) in [6.07, 6.45) is 2.43. The minimum atomic E-state index is -0.833. The van der Waals surface area contributed by atoms with Crippen molar-refractivity contribution in [2.45, 2.75) is 6.10 Å². The summed E-state index contributed by atoms with van der Waals surface area (Å²) < 4.78 is 20.9. The third-order valence-electron chi connectivity index (χ3n) is 4.86. The number of rotatable bonds is 4. The van der Waals surface area contributed by atoms with Gasteiger partial charge in [-0.15, -0.1) is 0 Å². The first-order valence-corrected chi connectivity index (χ1v) is 9.43. The van der Waals surface area contributed by atoms with Crippen LogP contribution >= 0.6 is 0 Å². The van der Waals surface area contributed by atoms with Crippen LogP contribution in [-0.4, -0.2) is 46.2 Å². The number of hydrogen-bond acceptors (Lipinski definition) is 6. The van der Waals surface area contributed by atoms with Crippen molar-refractivity contribution in [3.8, 4) is 11.3 Å². The number of anilines is 2. The summed E-state index contributed by atoms with van der Waals surface area (Å²) in [4.78, 5) is 35.5. The third-order valence-corrected chi connectivity index (χ3v) is 4.86. The second-order valence-corrected chi connectivity index (χ2v) is 6.85. The number of nitrogens with one attached hydrogen (secondary N) is 1. The standard InChI is InChI=1S/C21H20FN5O3/c1-26-19(28)12-17(14-6-8-23-9-7-14)25-21(26)27-10-11-30-18(13-27)20(29)24-16-5-3-2-4-15(16)22/h2-9,12,18H,10-11,13H2,1H3,(H,24,29). The summed E-state index contributed by atoms with van der Waals surface area (Å²) in [7, 11) is 1.63. The van der Waals surface area contributed by atoms with Gasteiger partial charge in [0.25, 0.3) is 11.5 Å². The molecule has 1 N–H and O–H groups in total. The summed E-state index contributed by atoms with van der Waals surface area (Å²) in [5.41, 5.74) is 1.17. The monoisotopic (exact) mass is 409 g/mol. The van der Waals surface area contributed by atoms with Gasteiger partial charge in [-0.25, -0.2) is 9.37 Å². The summed E-state index contributed by atoms with van der Waals surface area (Å²) in [6.45, 7) is 0.911. The van der Waals surface area contributed by atoms with Crippen LogP contribution in [0.4, 0.5) is 16.0 Å². The van der Waals surface area contributed by atoms with Gasteiger partial charge in [0.2, 0.25) is 5.95 Å². The Balaban J connectivity index is 1.57. The molecule has 1 aliphatic rings. The lowest BCUT2D eigenvalue weighted by atomic mass is 10.2. The maximum Gasteiger partial charge on any atom is 0.255 e. The van der Waals surface area contributed by atoms with Gasteiger partial charge in [-0.3, -0.25) is 19.1 Å². The van der Waals surface area contributed by atoms with E-state index in [-0.39, 0.29) is 24.4 Å². The maximum atomic E-state index is 13.8. The summed E-state index contributed by atoms with van der Waals surface area (Å²) >= 11 is 0. The zero-order valence-corrected chi connectivity index (χ0v) is 16.3. The molecule has 0 saturated carbocycles. The van der Waals surface area contributed by atoms with Crippen molar-refractivity contribution >= 4 is 17.5 Å². The molecule has 1 fully saturated rings. The number of pyridine rings is 1. The van der Waals surface area contributed by atoms with Crippen LogP contribution in [-0.2, 0) is 16.6 Å². The van der Waals surface area contributed by atoms with Crippen LogP contribution in [0.5, 0.6) is 0 Å². The molecule has 154 valence electrons. The molecule has 0 aliphatic carbocycles. The molecule has 3 aromatic rings. The van der Waals surface area contributed by atoms with E-state index in [2.05, 4.69) is 15.3 Å². The number of nitrogens with zero attached hydrogens (tertiary/aromatic N) is 4. The number of carbonyl (C=O) groups excluding carboxylic acids is 1. The number of ether oxygens (including phenoxy) is 1. The van der Waals surface area contributed by atoms with Gasteiger partial charge in [-0.2, -0.15) is 0 Å². The number of carbonyl (C=O) groups is 1. The van der Waals surface area contributed by atoms with Crippen molar-refractivity contribution in [3.05, 3.63) is 71.0 Å². The highest BCUT2D eigenvalue weighted by Gasteiger charge is 2.29. The van der Waals surface area contributed by atoms with Crippen LogP contribution in [0.15, 0.2) is 59.7 Å². The number of hydrogen-bond donors (Lipinski definition) is 1. The molecule has 1 saturated heterocycles. The molecule has 1 atom stereocenters. The van der Waals surface area contributed by atoms with Crippen molar-refractivity contribution in [2.24, 2.45) is 7.05 Å². The molecule has 1 amide bonds. The van der Waals surface area contributed by atoms with Crippen LogP contribution in [0.2, 0.25) is 0 Å². The number of halogens is 1. The lowest BCUT2D eigenvalue weighted by Gasteiger charge is -2.33. The Kier molecular flexibility index (Phi) is 5.53. The molecular weight excluding hydrogens is 389 g/mol. The average Bonchev–Trinajstić information content (AvgIpc) is 2.78. The Morgan fingerprint density at radius 3 is 2.77 bits per heavy atom. The number of para-hydroxylation sites is 1. The van der Waals surface area contributed by atoms with Gasteiger partial charge in [0, 0.05) is 37.6 Å². The van der Waals surface area contributed by atoms with Crippen molar-refractivity contribution in [1.82, 2.24) is 14.5 Å². The third kappa shape index (κ3) is 4.06. The average molecular weight is 409 g/mol. The molecule has 1 aliphatic heterocycles. The second kappa shape index (κ2) is 8.42. The topological polar surface area (TPSA) is 89.3 Å². The summed E-state index contributed by atoms with van der Waals surface area (Å²) in [6, 6.07) is 10.9. The van der Waals surface area contributed by atoms with E-state index in [1.165, 1.54) is 22.8 Å². The molecule has 0 spiro atoms. The van der Waals surface area contributed by atoms with E-state index >= 15 is 0 Å². The summed E-state index contributed by atoms with van der Waals surface area (Å²) in [5, 5.41) is 2.55. The van der Waals surface area contributed by atoms with Gasteiger partial charge in [0.05, 0.1) is 24.5 Å². The zero-order valence-electron chi connectivity index (χ0n) is 16.3. The largest absolute Gasteiger partial charge is 0.365 e. The van der Waals surface area contributed by atoms with Gasteiger partial charge in [-0.05, 0) is 24.3 Å². The van der Waals surface area contributed by atoms with Gasteiger partial charge in [0.1, 0.15) is 5.82 Å². The molecule has 9 heteroatoms. The molecule has 0 bridgehead atoms. The Morgan fingerprint density at radius 2 is 2.00 bits per heavy atom. The van der Waals surface area contributed by atoms with E-state index < -0.39 is 17.8 Å². The summed E-state index contributed by atoms with van der Waals surface area (Å²) in [5.74, 6) is -0.547. The first-order valence-electron chi connectivity index (χ1n) is 9.43. The van der Waals surface area contributed by atoms with E-state index in [0.717, 1.165) is 5.56 Å². The molecule has 3 heterocycles. The van der Waals surface area contributed by atoms with Crippen molar-refractivity contribution < 1.29 is 13.9 Å².